The van der Waals surface area contributed by atoms with Gasteiger partial charge < -0.3 is 30.7 Å². The van der Waals surface area contributed by atoms with Crippen LogP contribution in [0.1, 0.15) is 65.5 Å². The zero-order valence-corrected chi connectivity index (χ0v) is 22.8. The Labute approximate surface area is 222 Å². The monoisotopic (exact) mass is 538 g/mol. The van der Waals surface area contributed by atoms with Crippen molar-refractivity contribution < 1.29 is 38.1 Å². The fraction of sp³-hybridized carbons (Fsp3) is 0.571. The van der Waals surface area contributed by atoms with Crippen molar-refractivity contribution in [1.29, 1.82) is 0 Å². The van der Waals surface area contributed by atoms with Crippen LogP contribution in [-0.2, 0) is 14.3 Å². The zero-order chi connectivity index (χ0) is 28.7. The molecule has 5 N–H and O–H groups in total. The lowest BCUT2D eigenvalue weighted by Crippen LogP contribution is -2.36. The minimum atomic E-state index is -1.44. The van der Waals surface area contributed by atoms with Crippen LogP contribution in [0.25, 0.3) is 0 Å². The number of hydrogen-bond acceptors (Lipinski definition) is 6. The lowest BCUT2D eigenvalue weighted by molar-refractivity contribution is -0.112. The number of allylic oxidation sites excluding steroid dienone is 1. The third-order valence-corrected chi connectivity index (χ3v) is 7.16. The number of benzene rings is 1. The molecule has 1 aromatic carbocycles. The van der Waals surface area contributed by atoms with Gasteiger partial charge in [-0.05, 0) is 56.6 Å². The molecular formula is C28H40F2N2O6. The number of ether oxygens (including phenoxy) is 2. The Morgan fingerprint density at radius 1 is 1.13 bits per heavy atom. The number of methoxy groups -OCH3 is 1. The van der Waals surface area contributed by atoms with Crippen molar-refractivity contribution in [1.82, 2.24) is 0 Å². The van der Waals surface area contributed by atoms with E-state index in [9.17, 15) is 28.6 Å². The number of amides is 2. The Kier molecular flexibility index (Phi) is 11.4. The van der Waals surface area contributed by atoms with E-state index in [0.29, 0.717) is 24.0 Å². The number of aliphatic hydroxyl groups is 2. The molecule has 0 spiro atoms. The van der Waals surface area contributed by atoms with Gasteiger partial charge in [-0.2, -0.15) is 0 Å². The van der Waals surface area contributed by atoms with Gasteiger partial charge in [-0.15, -0.1) is 0 Å². The van der Waals surface area contributed by atoms with Crippen molar-refractivity contribution in [3.63, 3.8) is 0 Å². The van der Waals surface area contributed by atoms with Crippen molar-refractivity contribution in [2.24, 2.45) is 23.5 Å². The predicted octanol–water partition coefficient (Wildman–Crippen LogP) is 4.76. The van der Waals surface area contributed by atoms with Crippen LogP contribution in [-0.4, -0.2) is 47.6 Å². The molecule has 0 fully saturated rings. The minimum absolute atomic E-state index is 0.000815. The first-order valence-corrected chi connectivity index (χ1v) is 12.8. The fourth-order valence-corrected chi connectivity index (χ4v) is 4.84. The van der Waals surface area contributed by atoms with Gasteiger partial charge in [0.1, 0.15) is 6.10 Å². The molecule has 1 aromatic rings. The van der Waals surface area contributed by atoms with Crippen LogP contribution in [0.4, 0.5) is 19.3 Å². The summed E-state index contributed by atoms with van der Waals surface area (Å²) in [6, 6.07) is 2.06. The second kappa shape index (κ2) is 13.8. The minimum Gasteiger partial charge on any atom is -0.442 e. The maximum absolute atomic E-state index is 14.7. The average Bonchev–Trinajstić information content (AvgIpc) is 2.85. The fourth-order valence-electron chi connectivity index (χ4n) is 4.84. The summed E-state index contributed by atoms with van der Waals surface area (Å²) >= 11 is 0. The molecule has 0 aromatic heterocycles. The van der Waals surface area contributed by atoms with Gasteiger partial charge >= 0.3 is 6.09 Å². The summed E-state index contributed by atoms with van der Waals surface area (Å²) in [4.78, 5) is 24.3. The van der Waals surface area contributed by atoms with Crippen molar-refractivity contribution in [2.45, 2.75) is 78.3 Å². The Morgan fingerprint density at radius 3 is 2.39 bits per heavy atom. The van der Waals surface area contributed by atoms with Gasteiger partial charge in [0.2, 0.25) is 0 Å². The molecule has 2 bridgehead atoms. The van der Waals surface area contributed by atoms with E-state index < -0.39 is 59.9 Å². The number of rotatable bonds is 2. The average molecular weight is 539 g/mol. The number of carbonyl (C=O) groups is 2. The first-order chi connectivity index (χ1) is 17.8. The molecule has 0 saturated heterocycles. The highest BCUT2D eigenvalue weighted by Crippen LogP contribution is 2.33. The predicted molar refractivity (Wildman–Crippen MR) is 140 cm³/mol. The van der Waals surface area contributed by atoms with Crippen LogP contribution in [0.15, 0.2) is 35.4 Å². The van der Waals surface area contributed by atoms with Crippen LogP contribution in [0.3, 0.4) is 0 Å². The van der Waals surface area contributed by atoms with Crippen LogP contribution < -0.4 is 11.1 Å². The molecule has 1 heterocycles. The van der Waals surface area contributed by atoms with E-state index >= 15 is 0 Å². The van der Waals surface area contributed by atoms with Crippen molar-refractivity contribution in [3.8, 4) is 0 Å². The SMILES string of the molecule is CO[C@H]1C[C@H](C)C(O)c2cc(cc(F)c2F)NC(=O)/C(C)=C/CC[C@H](C)[C@H](OC(N)=O)/C(C)=C/[C@H](C)[C@H]1O. The largest absolute Gasteiger partial charge is 0.442 e. The van der Waals surface area contributed by atoms with Crippen LogP contribution in [0, 0.1) is 29.4 Å². The zero-order valence-electron chi connectivity index (χ0n) is 22.8. The van der Waals surface area contributed by atoms with Crippen molar-refractivity contribution in [2.75, 3.05) is 12.4 Å². The Bertz CT molecular complexity index is 1060. The number of carbonyl (C=O) groups excluding carboxylic acids is 2. The van der Waals surface area contributed by atoms with Crippen molar-refractivity contribution >= 4 is 17.7 Å². The van der Waals surface area contributed by atoms with Gasteiger partial charge in [-0.25, -0.2) is 13.6 Å². The van der Waals surface area contributed by atoms with E-state index in [2.05, 4.69) is 5.32 Å². The van der Waals surface area contributed by atoms with E-state index in [-0.39, 0.29) is 23.6 Å². The summed E-state index contributed by atoms with van der Waals surface area (Å²) < 4.78 is 40.0. The molecular weight excluding hydrogens is 498 g/mol. The normalized spacial score (nSPS) is 32.9. The van der Waals surface area contributed by atoms with E-state index in [1.807, 2.05) is 6.92 Å². The number of fused-ring (bicyclic) bond motifs is 2. The highest BCUT2D eigenvalue weighted by molar-refractivity contribution is 6.03. The highest BCUT2D eigenvalue weighted by Gasteiger charge is 2.31. The van der Waals surface area contributed by atoms with Gasteiger partial charge in [-0.3, -0.25) is 4.79 Å². The Balaban J connectivity index is 2.53. The molecule has 8 nitrogen and oxygen atoms in total. The molecule has 38 heavy (non-hydrogen) atoms. The number of aliphatic hydroxyl groups excluding tert-OH is 2. The second-order valence-electron chi connectivity index (χ2n) is 10.3. The first-order valence-electron chi connectivity index (χ1n) is 12.8. The third-order valence-electron chi connectivity index (χ3n) is 7.16. The standard InChI is InChI=1S/C28H40F2N2O6/c1-14-8-7-9-15(2)27(35)32-19-12-20(23(30)21(29)13-19)24(33)17(4)11-22(37-6)25(34)16(3)10-18(5)26(14)38-28(31)36/h9-10,12-14,16-17,22,24-26,33-34H,7-8,11H2,1-6H3,(H2,31,36)(H,32,35)/b15-9+,18-10+/t14-,16-,17-,22-,24?,25+,26-/m0/s1. The smallest absolute Gasteiger partial charge is 0.405 e. The summed E-state index contributed by atoms with van der Waals surface area (Å²) in [7, 11) is 1.42. The van der Waals surface area contributed by atoms with E-state index in [0.717, 1.165) is 6.07 Å². The third kappa shape index (κ3) is 8.09. The molecule has 2 amide bonds. The van der Waals surface area contributed by atoms with E-state index in [4.69, 9.17) is 15.2 Å². The summed E-state index contributed by atoms with van der Waals surface area (Å²) in [6.45, 7) is 8.67. The molecule has 2 rings (SSSR count). The van der Waals surface area contributed by atoms with E-state index in [1.54, 1.807) is 39.8 Å². The molecule has 1 unspecified atom stereocenters. The molecule has 0 radical (unpaired) electrons. The lowest BCUT2D eigenvalue weighted by atomic mass is 9.86. The van der Waals surface area contributed by atoms with Gasteiger partial charge in [-0.1, -0.05) is 32.9 Å². The summed E-state index contributed by atoms with van der Waals surface area (Å²) in [6.07, 6.45) is -0.173. The number of nitrogens with one attached hydrogen (secondary N) is 1. The molecule has 1 aliphatic heterocycles. The maximum atomic E-state index is 14.7. The Morgan fingerprint density at radius 2 is 1.79 bits per heavy atom. The lowest BCUT2D eigenvalue weighted by Gasteiger charge is -2.30. The number of hydrogen-bond donors (Lipinski definition) is 4. The van der Waals surface area contributed by atoms with Crippen LogP contribution >= 0.6 is 0 Å². The Hall–Kier alpha value is -2.82. The van der Waals surface area contributed by atoms with Gasteiger partial charge in [0, 0.05) is 35.9 Å². The molecule has 0 saturated carbocycles. The topological polar surface area (TPSA) is 131 Å². The summed E-state index contributed by atoms with van der Waals surface area (Å²) in [5, 5.41) is 24.5. The quantitative estimate of drug-likeness (QED) is 0.402. The summed E-state index contributed by atoms with van der Waals surface area (Å²) in [5.74, 6) is -4.19. The van der Waals surface area contributed by atoms with E-state index in [1.165, 1.54) is 13.2 Å². The maximum Gasteiger partial charge on any atom is 0.405 e. The van der Waals surface area contributed by atoms with Gasteiger partial charge in [0.05, 0.1) is 18.3 Å². The summed E-state index contributed by atoms with van der Waals surface area (Å²) in [5.41, 5.74) is 6.06. The van der Waals surface area contributed by atoms with Gasteiger partial charge in [0.15, 0.2) is 11.6 Å². The molecule has 1 aliphatic rings. The van der Waals surface area contributed by atoms with Crippen LogP contribution in [0.5, 0.6) is 0 Å². The first kappa shape index (κ1) is 31.4. The number of anilines is 1. The second-order valence-corrected chi connectivity index (χ2v) is 10.3. The van der Waals surface area contributed by atoms with Gasteiger partial charge in [0.25, 0.3) is 5.91 Å². The molecule has 7 atom stereocenters. The number of nitrogens with two attached hydrogens (primary N) is 1. The molecule has 10 heteroatoms. The molecule has 0 aliphatic carbocycles. The van der Waals surface area contributed by atoms with Crippen molar-refractivity contribution in [3.05, 3.63) is 52.6 Å². The number of halogens is 2. The number of primary amides is 1. The highest BCUT2D eigenvalue weighted by atomic mass is 19.2. The molecule has 212 valence electrons. The van der Waals surface area contributed by atoms with Crippen LogP contribution in [0.2, 0.25) is 0 Å².